The Morgan fingerprint density at radius 3 is 3.00 bits per heavy atom. The standard InChI is InChI=1S/C21H19N3O2/c25-20-12-22-18-10-14(7-8-17(18)23-20)21(26)24-9-3-6-16-15-5-2-1-4-13(15)11-19(16)24/h1-2,4-5,7-8,10,12,16,19H,3,6,9,11H2,(H,23,25)/t16-,19+/m1/s1. The summed E-state index contributed by atoms with van der Waals surface area (Å²) in [4.78, 5) is 33.6. The minimum absolute atomic E-state index is 0.0578. The maximum absolute atomic E-state index is 13.2. The van der Waals surface area contributed by atoms with E-state index in [9.17, 15) is 9.59 Å². The van der Waals surface area contributed by atoms with Crippen molar-refractivity contribution in [1.29, 1.82) is 0 Å². The van der Waals surface area contributed by atoms with E-state index < -0.39 is 0 Å². The first-order valence-electron chi connectivity index (χ1n) is 9.08. The second-order valence-corrected chi connectivity index (χ2v) is 7.20. The molecule has 5 rings (SSSR count). The normalized spacial score (nSPS) is 21.5. The molecule has 2 atom stereocenters. The van der Waals surface area contributed by atoms with Crippen LogP contribution in [0.1, 0.15) is 40.2 Å². The maximum atomic E-state index is 13.2. The lowest BCUT2D eigenvalue weighted by molar-refractivity contribution is 0.0595. The summed E-state index contributed by atoms with van der Waals surface area (Å²) < 4.78 is 0. The molecule has 1 saturated heterocycles. The molecule has 1 aliphatic carbocycles. The molecule has 5 nitrogen and oxygen atoms in total. The molecule has 130 valence electrons. The van der Waals surface area contributed by atoms with Crippen LogP contribution < -0.4 is 5.56 Å². The van der Waals surface area contributed by atoms with Gasteiger partial charge in [-0.1, -0.05) is 24.3 Å². The minimum Gasteiger partial charge on any atom is -0.335 e. The number of aromatic nitrogens is 2. The summed E-state index contributed by atoms with van der Waals surface area (Å²) in [5.41, 5.74) is 4.47. The van der Waals surface area contributed by atoms with Crippen molar-refractivity contribution < 1.29 is 4.79 Å². The Kier molecular flexibility index (Phi) is 3.42. The summed E-state index contributed by atoms with van der Waals surface area (Å²) in [6, 6.07) is 14.1. The molecule has 0 spiro atoms. The molecule has 1 fully saturated rings. The van der Waals surface area contributed by atoms with E-state index in [1.165, 1.54) is 17.3 Å². The van der Waals surface area contributed by atoms with Gasteiger partial charge in [-0.25, -0.2) is 4.98 Å². The molecule has 1 N–H and O–H groups in total. The molecular formula is C21H19N3O2. The van der Waals surface area contributed by atoms with Crippen LogP contribution in [0.15, 0.2) is 53.5 Å². The Morgan fingerprint density at radius 1 is 1.19 bits per heavy atom. The highest BCUT2D eigenvalue weighted by Crippen LogP contribution is 2.42. The van der Waals surface area contributed by atoms with Crippen molar-refractivity contribution in [2.45, 2.75) is 31.2 Å². The van der Waals surface area contributed by atoms with Gasteiger partial charge in [0.2, 0.25) is 0 Å². The number of amides is 1. The molecule has 0 radical (unpaired) electrons. The van der Waals surface area contributed by atoms with E-state index in [1.54, 1.807) is 18.2 Å². The monoisotopic (exact) mass is 345 g/mol. The van der Waals surface area contributed by atoms with Gasteiger partial charge >= 0.3 is 0 Å². The third-order valence-corrected chi connectivity index (χ3v) is 5.75. The number of nitrogens with one attached hydrogen (secondary N) is 1. The van der Waals surface area contributed by atoms with Crippen LogP contribution in [0.4, 0.5) is 0 Å². The van der Waals surface area contributed by atoms with Gasteiger partial charge in [0.25, 0.3) is 11.5 Å². The summed E-state index contributed by atoms with van der Waals surface area (Å²) in [7, 11) is 0. The van der Waals surface area contributed by atoms with Crippen LogP contribution in [0.2, 0.25) is 0 Å². The van der Waals surface area contributed by atoms with Gasteiger partial charge in [-0.05, 0) is 48.6 Å². The summed E-state index contributed by atoms with van der Waals surface area (Å²) in [5, 5.41) is 0. The van der Waals surface area contributed by atoms with Gasteiger partial charge in [0, 0.05) is 24.1 Å². The van der Waals surface area contributed by atoms with Crippen molar-refractivity contribution in [3.8, 4) is 0 Å². The average Bonchev–Trinajstić information content (AvgIpc) is 3.06. The molecule has 3 aromatic rings. The van der Waals surface area contributed by atoms with Crippen molar-refractivity contribution >= 4 is 16.9 Å². The van der Waals surface area contributed by atoms with Crippen LogP contribution in [0.25, 0.3) is 11.0 Å². The summed E-state index contributed by atoms with van der Waals surface area (Å²) in [6.07, 6.45) is 4.36. The Balaban J connectivity index is 1.49. The average molecular weight is 345 g/mol. The molecule has 1 aromatic heterocycles. The van der Waals surface area contributed by atoms with Gasteiger partial charge in [-0.2, -0.15) is 0 Å². The van der Waals surface area contributed by atoms with E-state index in [1.807, 2.05) is 4.90 Å². The van der Waals surface area contributed by atoms with Crippen LogP contribution in [0, 0.1) is 0 Å². The molecule has 0 bridgehead atoms. The Morgan fingerprint density at radius 2 is 2.08 bits per heavy atom. The second-order valence-electron chi connectivity index (χ2n) is 7.20. The van der Waals surface area contributed by atoms with Gasteiger partial charge in [0.1, 0.15) is 0 Å². The third-order valence-electron chi connectivity index (χ3n) is 5.75. The number of piperidine rings is 1. The maximum Gasteiger partial charge on any atom is 0.266 e. The van der Waals surface area contributed by atoms with E-state index in [0.717, 1.165) is 25.8 Å². The first-order chi connectivity index (χ1) is 12.7. The number of likely N-dealkylation sites (tertiary alicyclic amines) is 1. The lowest BCUT2D eigenvalue weighted by atomic mass is 9.88. The Bertz CT molecular complexity index is 1070. The highest BCUT2D eigenvalue weighted by Gasteiger charge is 2.40. The smallest absolute Gasteiger partial charge is 0.266 e. The number of aromatic amines is 1. The molecule has 2 aliphatic rings. The topological polar surface area (TPSA) is 66.1 Å². The number of nitrogens with zero attached hydrogens (tertiary/aromatic N) is 2. The zero-order valence-corrected chi connectivity index (χ0v) is 14.3. The first-order valence-corrected chi connectivity index (χ1v) is 9.08. The van der Waals surface area contributed by atoms with Gasteiger partial charge in [-0.15, -0.1) is 0 Å². The summed E-state index contributed by atoms with van der Waals surface area (Å²) in [6.45, 7) is 0.797. The number of benzene rings is 2. The van der Waals surface area contributed by atoms with Crippen molar-refractivity contribution in [1.82, 2.24) is 14.9 Å². The third kappa shape index (κ3) is 2.35. The highest BCUT2D eigenvalue weighted by molar-refractivity contribution is 5.97. The van der Waals surface area contributed by atoms with Crippen molar-refractivity contribution in [2.75, 3.05) is 6.54 Å². The number of hydrogen-bond donors (Lipinski definition) is 1. The predicted octanol–water partition coefficient (Wildman–Crippen LogP) is 2.87. The number of carbonyl (C=O) groups excluding carboxylic acids is 1. The second kappa shape index (κ2) is 5.80. The zero-order valence-electron chi connectivity index (χ0n) is 14.3. The molecular weight excluding hydrogens is 326 g/mol. The van der Waals surface area contributed by atoms with Gasteiger partial charge in [-0.3, -0.25) is 9.59 Å². The van der Waals surface area contributed by atoms with Crippen molar-refractivity contribution in [3.05, 3.63) is 75.7 Å². The number of rotatable bonds is 1. The number of H-pyrrole nitrogens is 1. The van der Waals surface area contributed by atoms with Gasteiger partial charge in [0.05, 0.1) is 17.2 Å². The molecule has 26 heavy (non-hydrogen) atoms. The van der Waals surface area contributed by atoms with Crippen molar-refractivity contribution in [2.24, 2.45) is 0 Å². The number of carbonyl (C=O) groups is 1. The molecule has 1 amide bonds. The fourth-order valence-electron chi connectivity index (χ4n) is 4.57. The molecule has 2 aromatic carbocycles. The quantitative estimate of drug-likeness (QED) is 0.737. The highest BCUT2D eigenvalue weighted by atomic mass is 16.2. The predicted molar refractivity (Wildman–Crippen MR) is 99.3 cm³/mol. The van der Waals surface area contributed by atoms with E-state index >= 15 is 0 Å². The SMILES string of the molecule is O=C(c1ccc2[nH]c(=O)cnc2c1)N1CCC[C@@H]2c3ccccc3C[C@@H]21. The van der Waals surface area contributed by atoms with E-state index in [2.05, 4.69) is 34.2 Å². The first kappa shape index (κ1) is 15.3. The molecule has 0 saturated carbocycles. The number of hydrogen-bond acceptors (Lipinski definition) is 3. The van der Waals surface area contributed by atoms with Gasteiger partial charge in [0.15, 0.2) is 0 Å². The van der Waals surface area contributed by atoms with Crippen LogP contribution >= 0.6 is 0 Å². The molecule has 5 heteroatoms. The summed E-state index contributed by atoms with van der Waals surface area (Å²) >= 11 is 0. The number of fused-ring (bicyclic) bond motifs is 4. The van der Waals surface area contributed by atoms with Crippen LogP contribution in [-0.4, -0.2) is 33.4 Å². The molecule has 0 unspecified atom stereocenters. The Hall–Kier alpha value is -2.95. The lowest BCUT2D eigenvalue weighted by Gasteiger charge is -2.38. The Labute approximate surface area is 150 Å². The largest absolute Gasteiger partial charge is 0.335 e. The molecule has 1 aliphatic heterocycles. The van der Waals surface area contributed by atoms with Crippen molar-refractivity contribution in [3.63, 3.8) is 0 Å². The van der Waals surface area contributed by atoms with E-state index in [0.29, 0.717) is 22.5 Å². The van der Waals surface area contributed by atoms with Crippen LogP contribution in [0.5, 0.6) is 0 Å². The fraction of sp³-hybridized carbons (Fsp3) is 0.286. The summed E-state index contributed by atoms with van der Waals surface area (Å²) in [5.74, 6) is 0.501. The van der Waals surface area contributed by atoms with Gasteiger partial charge < -0.3 is 9.88 Å². The van der Waals surface area contributed by atoms with Crippen LogP contribution in [-0.2, 0) is 6.42 Å². The minimum atomic E-state index is -0.237. The molecule has 2 heterocycles. The lowest BCUT2D eigenvalue weighted by Crippen LogP contribution is -2.46. The van der Waals surface area contributed by atoms with Crippen LogP contribution in [0.3, 0.4) is 0 Å². The van der Waals surface area contributed by atoms with E-state index in [-0.39, 0.29) is 17.5 Å². The van der Waals surface area contributed by atoms with E-state index in [4.69, 9.17) is 0 Å². The fourth-order valence-corrected chi connectivity index (χ4v) is 4.57. The zero-order chi connectivity index (χ0) is 17.7.